The summed E-state index contributed by atoms with van der Waals surface area (Å²) in [5, 5.41) is 0. The number of hydrogen-bond donors (Lipinski definition) is 0. The van der Waals surface area contributed by atoms with E-state index in [0.717, 1.165) is 44.8 Å². The second kappa shape index (κ2) is 10.3. The summed E-state index contributed by atoms with van der Waals surface area (Å²) in [6.45, 7) is 2.82. The second-order valence-corrected chi connectivity index (χ2v) is 11.0. The van der Waals surface area contributed by atoms with Crippen LogP contribution in [-0.4, -0.2) is 44.3 Å². The smallest absolute Gasteiger partial charge is 0.337 e. The topological polar surface area (TPSA) is 29.5 Å². The Morgan fingerprint density at radius 3 is 2.56 bits per heavy atom. The highest BCUT2D eigenvalue weighted by Gasteiger charge is 2.36. The van der Waals surface area contributed by atoms with E-state index in [2.05, 4.69) is 51.2 Å². The van der Waals surface area contributed by atoms with Crippen molar-refractivity contribution in [2.75, 3.05) is 33.4 Å². The fraction of sp³-hybridized carbons (Fsp3) is 0.483. The molecule has 1 heterocycles. The first-order chi connectivity index (χ1) is 16.6. The van der Waals surface area contributed by atoms with Crippen LogP contribution in [0.25, 0.3) is 5.57 Å². The summed E-state index contributed by atoms with van der Waals surface area (Å²) < 4.78 is 18.7. The molecule has 0 radical (unpaired) electrons. The van der Waals surface area contributed by atoms with Crippen LogP contribution in [0.1, 0.15) is 58.3 Å². The van der Waals surface area contributed by atoms with Gasteiger partial charge in [0.15, 0.2) is 0 Å². The van der Waals surface area contributed by atoms with Crippen LogP contribution in [0.2, 0.25) is 0 Å². The van der Waals surface area contributed by atoms with E-state index in [-0.39, 0.29) is 12.6 Å². The summed E-state index contributed by atoms with van der Waals surface area (Å²) in [7, 11) is 1.44. The third-order valence-corrected chi connectivity index (χ3v) is 8.67. The van der Waals surface area contributed by atoms with Gasteiger partial charge < -0.3 is 9.64 Å². The monoisotopic (exact) mass is 525 g/mol. The molecule has 1 saturated carbocycles. The number of halogens is 2. The molecular weight excluding hydrogens is 493 g/mol. The van der Waals surface area contributed by atoms with Gasteiger partial charge in [-0.15, -0.1) is 0 Å². The molecule has 0 aromatic heterocycles. The molecule has 1 atom stereocenters. The lowest BCUT2D eigenvalue weighted by molar-refractivity contribution is 0.0600. The van der Waals surface area contributed by atoms with Gasteiger partial charge in [0.05, 0.1) is 19.3 Å². The number of carbonyl (C=O) groups excluding carboxylic acids is 1. The molecule has 0 bridgehead atoms. The van der Waals surface area contributed by atoms with Crippen molar-refractivity contribution in [2.24, 2.45) is 17.8 Å². The predicted molar refractivity (Wildman–Crippen MR) is 138 cm³/mol. The lowest BCUT2D eigenvalue weighted by atomic mass is 9.89. The zero-order valence-electron chi connectivity index (χ0n) is 19.9. The zero-order chi connectivity index (χ0) is 23.7. The summed E-state index contributed by atoms with van der Waals surface area (Å²) in [6.07, 6.45) is 6.41. The molecule has 3 aliphatic rings. The zero-order valence-corrected chi connectivity index (χ0v) is 21.5. The van der Waals surface area contributed by atoms with Crippen LogP contribution in [0, 0.1) is 17.8 Å². The van der Waals surface area contributed by atoms with Gasteiger partial charge in [-0.3, -0.25) is 4.39 Å². The Morgan fingerprint density at radius 2 is 1.88 bits per heavy atom. The Balaban J connectivity index is 1.39. The van der Waals surface area contributed by atoms with Crippen molar-refractivity contribution in [3.05, 3.63) is 74.8 Å². The molecule has 2 fully saturated rings. The Labute approximate surface area is 210 Å². The van der Waals surface area contributed by atoms with Gasteiger partial charge >= 0.3 is 5.97 Å². The number of hydrogen-bond acceptors (Lipinski definition) is 3. The molecule has 1 saturated heterocycles. The predicted octanol–water partition coefficient (Wildman–Crippen LogP) is 6.43. The Kier molecular flexibility index (Phi) is 7.22. The largest absolute Gasteiger partial charge is 0.465 e. The molecule has 2 aromatic carbocycles. The Hall–Kier alpha value is -1.98. The lowest BCUT2D eigenvalue weighted by Gasteiger charge is -2.39. The number of alkyl halides is 1. The molecule has 1 unspecified atom stereocenters. The number of allylic oxidation sites excluding steroid dienone is 1. The highest BCUT2D eigenvalue weighted by Crippen LogP contribution is 2.50. The minimum absolute atomic E-state index is 0.219. The van der Waals surface area contributed by atoms with Gasteiger partial charge in [-0.25, -0.2) is 4.79 Å². The highest BCUT2D eigenvalue weighted by atomic mass is 79.9. The molecule has 34 heavy (non-hydrogen) atoms. The molecule has 2 aliphatic carbocycles. The third-order valence-electron chi connectivity index (χ3n) is 7.68. The Bertz CT molecular complexity index is 1070. The van der Waals surface area contributed by atoms with Crippen molar-refractivity contribution in [1.29, 1.82) is 0 Å². The number of aryl methyl sites for hydroxylation is 1. The molecule has 0 spiro atoms. The van der Waals surface area contributed by atoms with Crippen LogP contribution in [-0.2, 0) is 17.6 Å². The Morgan fingerprint density at radius 1 is 1.12 bits per heavy atom. The number of methoxy groups -OCH3 is 1. The van der Waals surface area contributed by atoms with Crippen molar-refractivity contribution >= 4 is 27.5 Å². The average Bonchev–Trinajstić information content (AvgIpc) is 3.67. The van der Waals surface area contributed by atoms with Gasteiger partial charge in [-0.2, -0.15) is 0 Å². The van der Waals surface area contributed by atoms with Crippen LogP contribution >= 0.6 is 15.9 Å². The van der Waals surface area contributed by atoms with E-state index in [1.807, 2.05) is 12.1 Å². The summed E-state index contributed by atoms with van der Waals surface area (Å²) in [5.74, 6) is 1.69. The standard InChI is InChI=1S/C29H33BrFNO2/c1-34-29(33)24-10-11-25-23(16-24)9-12-26(21-7-8-21)28(30)27(25)22-5-3-19(4-6-22)15-20-17-32(18-20)14-2-13-31/h3-6,10-11,16,20-21,26H,2,7-9,12-15,17-18H2,1H3. The average molecular weight is 526 g/mol. The summed E-state index contributed by atoms with van der Waals surface area (Å²) in [6, 6.07) is 15.1. The molecule has 0 amide bonds. The van der Waals surface area contributed by atoms with E-state index in [0.29, 0.717) is 23.8 Å². The van der Waals surface area contributed by atoms with E-state index in [4.69, 9.17) is 4.74 Å². The van der Waals surface area contributed by atoms with Crippen molar-refractivity contribution in [2.45, 2.75) is 38.5 Å². The number of rotatable bonds is 8. The second-order valence-electron chi connectivity index (χ2n) is 10.1. The molecule has 3 nitrogen and oxygen atoms in total. The van der Waals surface area contributed by atoms with Crippen molar-refractivity contribution in [3.8, 4) is 0 Å². The van der Waals surface area contributed by atoms with Crippen LogP contribution in [0.3, 0.4) is 0 Å². The number of likely N-dealkylation sites (tertiary alicyclic amines) is 1. The van der Waals surface area contributed by atoms with E-state index in [9.17, 15) is 9.18 Å². The van der Waals surface area contributed by atoms with Crippen molar-refractivity contribution < 1.29 is 13.9 Å². The maximum absolute atomic E-state index is 12.4. The van der Waals surface area contributed by atoms with E-state index >= 15 is 0 Å². The summed E-state index contributed by atoms with van der Waals surface area (Å²) in [4.78, 5) is 14.5. The number of carbonyl (C=O) groups is 1. The van der Waals surface area contributed by atoms with E-state index < -0.39 is 0 Å². The van der Waals surface area contributed by atoms with Crippen LogP contribution in [0.4, 0.5) is 4.39 Å². The van der Waals surface area contributed by atoms with Gasteiger partial charge in [-0.05, 0) is 96.2 Å². The first kappa shape index (κ1) is 23.7. The molecule has 5 heteroatoms. The van der Waals surface area contributed by atoms with Crippen LogP contribution in [0.15, 0.2) is 46.9 Å². The SMILES string of the molecule is COC(=O)c1ccc2c(c1)CCC(C1CC1)C(Br)=C2c1ccc(CC2CN(CCCF)C2)cc1. The minimum Gasteiger partial charge on any atom is -0.465 e. The van der Waals surface area contributed by atoms with E-state index in [1.165, 1.54) is 52.3 Å². The van der Waals surface area contributed by atoms with Crippen molar-refractivity contribution in [1.82, 2.24) is 4.90 Å². The molecule has 1 aliphatic heterocycles. The first-order valence-corrected chi connectivity index (χ1v) is 13.4. The molecule has 2 aromatic rings. The number of fused-ring (bicyclic) bond motifs is 1. The summed E-state index contributed by atoms with van der Waals surface area (Å²) >= 11 is 4.04. The molecule has 180 valence electrons. The van der Waals surface area contributed by atoms with Crippen molar-refractivity contribution in [3.63, 3.8) is 0 Å². The van der Waals surface area contributed by atoms with Gasteiger partial charge in [0.2, 0.25) is 0 Å². The molecule has 0 N–H and O–H groups in total. The van der Waals surface area contributed by atoms with E-state index in [1.54, 1.807) is 0 Å². The first-order valence-electron chi connectivity index (χ1n) is 12.6. The molecule has 5 rings (SSSR count). The van der Waals surface area contributed by atoms with Crippen LogP contribution < -0.4 is 0 Å². The molecular formula is C29H33BrFNO2. The van der Waals surface area contributed by atoms with Crippen LogP contribution in [0.5, 0.6) is 0 Å². The quantitative estimate of drug-likeness (QED) is 0.371. The fourth-order valence-electron chi connectivity index (χ4n) is 5.69. The fourth-order valence-corrected chi connectivity index (χ4v) is 6.73. The van der Waals surface area contributed by atoms with Gasteiger partial charge in [0.25, 0.3) is 0 Å². The van der Waals surface area contributed by atoms with Gasteiger partial charge in [-0.1, -0.05) is 46.3 Å². The minimum atomic E-state index is -0.279. The highest BCUT2D eigenvalue weighted by molar-refractivity contribution is 9.11. The van der Waals surface area contributed by atoms with Gasteiger partial charge in [0, 0.05) is 24.1 Å². The maximum Gasteiger partial charge on any atom is 0.337 e. The number of esters is 1. The number of benzene rings is 2. The third kappa shape index (κ3) is 5.01. The lowest BCUT2D eigenvalue weighted by Crippen LogP contribution is -2.47. The van der Waals surface area contributed by atoms with Gasteiger partial charge in [0.1, 0.15) is 0 Å². The maximum atomic E-state index is 12.4. The normalized spacial score (nSPS) is 21.1. The summed E-state index contributed by atoms with van der Waals surface area (Å²) in [5.41, 5.74) is 6.94. The number of nitrogens with zero attached hydrogens (tertiary/aromatic N) is 1. The number of ether oxygens (including phenoxy) is 1.